The van der Waals surface area contributed by atoms with Gasteiger partial charge in [0.15, 0.2) is 0 Å². The van der Waals surface area contributed by atoms with E-state index in [9.17, 15) is 4.79 Å². The number of hydrogen-bond donors (Lipinski definition) is 0. The Bertz CT molecular complexity index is 710. The molecule has 0 atom stereocenters. The lowest BCUT2D eigenvalue weighted by atomic mass is 10.5. The van der Waals surface area contributed by atoms with Crippen LogP contribution in [0.25, 0.3) is 11.6 Å². The van der Waals surface area contributed by atoms with E-state index in [1.807, 2.05) is 39.7 Å². The molecule has 9 heteroatoms. The lowest BCUT2D eigenvalue weighted by Crippen LogP contribution is -2.38. The van der Waals surface area contributed by atoms with Crippen LogP contribution in [0, 0.1) is 0 Å². The summed E-state index contributed by atoms with van der Waals surface area (Å²) in [6, 6.07) is 0. The summed E-state index contributed by atoms with van der Waals surface area (Å²) in [6.07, 6.45) is 8.41. The van der Waals surface area contributed by atoms with Gasteiger partial charge in [-0.05, 0) is 11.6 Å². The first kappa shape index (κ1) is 21.6. The predicted octanol–water partition coefficient (Wildman–Crippen LogP) is 0.348. The summed E-state index contributed by atoms with van der Waals surface area (Å²) < 4.78 is 24.8. The maximum atomic E-state index is 10.5. The highest BCUT2D eigenvalue weighted by molar-refractivity contribution is 6.63. The van der Waals surface area contributed by atoms with Gasteiger partial charge >= 0.3 is 11.6 Å². The average molecular weight is 401 g/mol. The van der Waals surface area contributed by atoms with Crippen molar-refractivity contribution in [3.8, 4) is 11.6 Å². The van der Waals surface area contributed by atoms with E-state index >= 15 is 0 Å². The van der Waals surface area contributed by atoms with E-state index in [-0.39, 0.29) is 11.7 Å². The highest BCUT2D eigenvalue weighted by Crippen LogP contribution is 2.10. The van der Waals surface area contributed by atoms with Crippen molar-refractivity contribution in [2.75, 3.05) is 39.6 Å². The van der Waals surface area contributed by atoms with E-state index in [0.717, 1.165) is 18.2 Å². The van der Waals surface area contributed by atoms with Crippen molar-refractivity contribution in [1.29, 1.82) is 0 Å². The van der Waals surface area contributed by atoms with Crippen LogP contribution in [0.1, 0.15) is 6.42 Å². The van der Waals surface area contributed by atoms with Crippen LogP contribution in [0.15, 0.2) is 24.8 Å². The number of hydrogen-bond acceptors (Lipinski definition) is 4. The standard InChI is InChI=1S/C18H29ClN4O4/c1-20-5-6-21(2)17(20)18-22(3)7-8-23(18)9-11-26-13-15-27-14-12-25-10-4-16(19)24/h5-8H,4,9-15H2,1-3H3/q+2. The SMILES string of the molecule is Cn1cc[n+](C)c1-c1n(CCOCCOCCOCCC(=O)Cl)cc[n+]1C. The molecule has 0 amide bonds. The molecule has 0 radical (unpaired) electrons. The minimum Gasteiger partial charge on any atom is -0.379 e. The Morgan fingerprint density at radius 3 is 2.07 bits per heavy atom. The summed E-state index contributed by atoms with van der Waals surface area (Å²) in [6.45, 7) is 3.66. The van der Waals surface area contributed by atoms with Crippen molar-refractivity contribution in [1.82, 2.24) is 9.13 Å². The van der Waals surface area contributed by atoms with Gasteiger partial charge in [0.1, 0.15) is 31.3 Å². The summed E-state index contributed by atoms with van der Waals surface area (Å²) in [5, 5.41) is -0.385. The Labute approximate surface area is 164 Å². The molecule has 0 aliphatic carbocycles. The Balaban J connectivity index is 1.64. The number of ether oxygens (including phenoxy) is 3. The van der Waals surface area contributed by atoms with Gasteiger partial charge in [-0.15, -0.1) is 0 Å². The van der Waals surface area contributed by atoms with Crippen LogP contribution in [0.4, 0.5) is 0 Å². The monoisotopic (exact) mass is 400 g/mol. The summed E-state index contributed by atoms with van der Waals surface area (Å²) in [4.78, 5) is 10.5. The zero-order valence-corrected chi connectivity index (χ0v) is 17.0. The number of aryl methyl sites for hydroxylation is 3. The van der Waals surface area contributed by atoms with Gasteiger partial charge in [-0.25, -0.2) is 18.3 Å². The molecule has 2 heterocycles. The van der Waals surface area contributed by atoms with Gasteiger partial charge in [0, 0.05) is 6.42 Å². The van der Waals surface area contributed by atoms with Crippen molar-refractivity contribution >= 4 is 16.8 Å². The van der Waals surface area contributed by atoms with Crippen molar-refractivity contribution in [3.63, 3.8) is 0 Å². The molecule has 2 rings (SSSR count). The van der Waals surface area contributed by atoms with Crippen LogP contribution in [0.2, 0.25) is 0 Å². The van der Waals surface area contributed by atoms with Crippen molar-refractivity contribution in [2.45, 2.75) is 13.0 Å². The number of nitrogens with zero attached hydrogens (tertiary/aromatic N) is 4. The predicted molar refractivity (Wildman–Crippen MR) is 99.1 cm³/mol. The Morgan fingerprint density at radius 1 is 0.926 bits per heavy atom. The largest absolute Gasteiger partial charge is 0.379 e. The van der Waals surface area contributed by atoms with Crippen LogP contribution in [-0.2, 0) is 46.7 Å². The fourth-order valence-corrected chi connectivity index (χ4v) is 2.83. The molecule has 0 saturated heterocycles. The van der Waals surface area contributed by atoms with Crippen LogP contribution >= 0.6 is 11.6 Å². The van der Waals surface area contributed by atoms with Gasteiger partial charge in [0.05, 0.1) is 60.8 Å². The van der Waals surface area contributed by atoms with Crippen molar-refractivity contribution in [2.24, 2.45) is 21.1 Å². The Morgan fingerprint density at radius 2 is 1.48 bits per heavy atom. The van der Waals surface area contributed by atoms with E-state index in [4.69, 9.17) is 25.8 Å². The molecular weight excluding hydrogens is 372 g/mol. The molecule has 0 N–H and O–H groups in total. The van der Waals surface area contributed by atoms with Crippen molar-refractivity contribution in [3.05, 3.63) is 24.8 Å². The van der Waals surface area contributed by atoms with Gasteiger partial charge in [-0.1, -0.05) is 0 Å². The second-order valence-electron chi connectivity index (χ2n) is 6.21. The van der Waals surface area contributed by atoms with Crippen molar-refractivity contribution < 1.29 is 28.1 Å². The number of imidazole rings is 2. The fourth-order valence-electron chi connectivity index (χ4n) is 2.75. The third-order valence-electron chi connectivity index (χ3n) is 4.12. The molecule has 2 aromatic heterocycles. The topological polar surface area (TPSA) is 62.4 Å². The number of aromatic nitrogens is 4. The molecule has 0 fully saturated rings. The Kier molecular flexibility index (Phi) is 8.93. The number of halogens is 1. The van der Waals surface area contributed by atoms with Crippen LogP contribution in [-0.4, -0.2) is 54.0 Å². The first-order chi connectivity index (χ1) is 13.0. The summed E-state index contributed by atoms with van der Waals surface area (Å²) >= 11 is 5.22. The molecule has 150 valence electrons. The van der Waals surface area contributed by atoms with Gasteiger partial charge < -0.3 is 14.2 Å². The van der Waals surface area contributed by atoms with Crippen LogP contribution in [0.3, 0.4) is 0 Å². The molecule has 0 bridgehead atoms. The quantitative estimate of drug-likeness (QED) is 0.276. The fraction of sp³-hybridized carbons (Fsp3) is 0.611. The van der Waals surface area contributed by atoms with Gasteiger partial charge in [0.2, 0.25) is 5.24 Å². The normalized spacial score (nSPS) is 11.3. The molecule has 0 unspecified atom stereocenters. The molecule has 8 nitrogen and oxygen atoms in total. The first-order valence-corrected chi connectivity index (χ1v) is 9.36. The van der Waals surface area contributed by atoms with Gasteiger partial charge in [0.25, 0.3) is 0 Å². The lowest BCUT2D eigenvalue weighted by molar-refractivity contribution is -0.690. The van der Waals surface area contributed by atoms with E-state index in [1.54, 1.807) is 0 Å². The number of carbonyl (C=O) groups is 1. The Hall–Kier alpha value is -1.74. The molecular formula is C18H29ClN4O4+2. The van der Waals surface area contributed by atoms with E-state index < -0.39 is 0 Å². The van der Waals surface area contributed by atoms with E-state index in [1.165, 1.54) is 0 Å². The van der Waals surface area contributed by atoms with E-state index in [2.05, 4.69) is 24.5 Å². The second kappa shape index (κ2) is 11.2. The third kappa shape index (κ3) is 6.73. The van der Waals surface area contributed by atoms with Gasteiger partial charge in [-0.3, -0.25) is 4.79 Å². The molecule has 0 spiro atoms. The molecule has 0 aliphatic heterocycles. The molecule has 27 heavy (non-hydrogen) atoms. The smallest absolute Gasteiger partial charge is 0.373 e. The molecule has 0 aliphatic rings. The highest BCUT2D eigenvalue weighted by Gasteiger charge is 2.28. The zero-order chi connectivity index (χ0) is 19.6. The van der Waals surface area contributed by atoms with E-state index in [0.29, 0.717) is 39.6 Å². The summed E-state index contributed by atoms with van der Waals surface area (Å²) in [5.41, 5.74) is 0. The maximum Gasteiger partial charge on any atom is 0.373 e. The maximum absolute atomic E-state index is 10.5. The summed E-state index contributed by atoms with van der Waals surface area (Å²) in [7, 11) is 6.12. The highest BCUT2D eigenvalue weighted by atomic mass is 35.5. The molecule has 0 saturated carbocycles. The second-order valence-corrected chi connectivity index (χ2v) is 6.63. The number of rotatable bonds is 13. The third-order valence-corrected chi connectivity index (χ3v) is 4.31. The summed E-state index contributed by atoms with van der Waals surface area (Å²) in [5.74, 6) is 2.25. The van der Waals surface area contributed by atoms with Gasteiger partial charge in [-0.2, -0.15) is 0 Å². The lowest BCUT2D eigenvalue weighted by Gasteiger charge is -2.06. The first-order valence-electron chi connectivity index (χ1n) is 8.98. The zero-order valence-electron chi connectivity index (χ0n) is 16.3. The minimum absolute atomic E-state index is 0.227. The minimum atomic E-state index is -0.385. The number of carbonyl (C=O) groups excluding carboxylic acids is 1. The molecule has 0 aromatic carbocycles. The average Bonchev–Trinajstić information content (AvgIpc) is 3.14. The molecule has 2 aromatic rings. The van der Waals surface area contributed by atoms with Crippen LogP contribution in [0.5, 0.6) is 0 Å². The van der Waals surface area contributed by atoms with Crippen LogP contribution < -0.4 is 9.13 Å².